The van der Waals surface area contributed by atoms with Gasteiger partial charge in [0.2, 0.25) is 5.56 Å². The van der Waals surface area contributed by atoms with Crippen molar-refractivity contribution in [1.29, 1.82) is 0 Å². The van der Waals surface area contributed by atoms with Gasteiger partial charge in [0.05, 0.1) is 25.4 Å². The summed E-state index contributed by atoms with van der Waals surface area (Å²) >= 11 is 0. The van der Waals surface area contributed by atoms with Gasteiger partial charge in [0.15, 0.2) is 0 Å². The van der Waals surface area contributed by atoms with Crippen molar-refractivity contribution in [2.75, 3.05) is 34.5 Å². The molecule has 0 aliphatic carbocycles. The molecule has 0 aliphatic heterocycles. The molecule has 2 atom stereocenters. The van der Waals surface area contributed by atoms with Gasteiger partial charge >= 0.3 is 0 Å². The van der Waals surface area contributed by atoms with Crippen LogP contribution in [0.1, 0.15) is 19.4 Å². The fourth-order valence-electron chi connectivity index (χ4n) is 0.929. The summed E-state index contributed by atoms with van der Waals surface area (Å²) in [6, 6.07) is 3.40. The number of ether oxygens (including phenoxy) is 3. The number of nitrogens with one attached hydrogen (secondary N) is 1. The lowest BCUT2D eigenvalue weighted by Gasteiger charge is -2.05. The minimum atomic E-state index is -0.0370. The second-order valence-electron chi connectivity index (χ2n) is 4.46. The number of aliphatic hydroxyl groups excluding tert-OH is 1. The van der Waals surface area contributed by atoms with Gasteiger partial charge in [-0.3, -0.25) is 4.79 Å². The van der Waals surface area contributed by atoms with E-state index in [1.54, 1.807) is 40.5 Å². The van der Waals surface area contributed by atoms with E-state index in [4.69, 9.17) is 14.6 Å². The summed E-state index contributed by atoms with van der Waals surface area (Å²) in [5.41, 5.74) is 0.957. The predicted octanol–water partition coefficient (Wildman–Crippen LogP) is 1.36. The van der Waals surface area contributed by atoms with Gasteiger partial charge in [-0.25, -0.2) is 0 Å². The van der Waals surface area contributed by atoms with E-state index in [0.29, 0.717) is 6.61 Å². The Morgan fingerprint density at radius 1 is 1.19 bits per heavy atom. The van der Waals surface area contributed by atoms with E-state index >= 15 is 0 Å². The minimum Gasteiger partial charge on any atom is -0.394 e. The lowest BCUT2D eigenvalue weighted by Crippen LogP contribution is -2.11. The molecule has 0 saturated heterocycles. The van der Waals surface area contributed by atoms with Crippen molar-refractivity contribution in [3.8, 4) is 0 Å². The van der Waals surface area contributed by atoms with Crippen LogP contribution in [0.3, 0.4) is 0 Å². The summed E-state index contributed by atoms with van der Waals surface area (Å²) in [5, 5.41) is 8.21. The van der Waals surface area contributed by atoms with Gasteiger partial charge < -0.3 is 24.3 Å². The standard InChI is InChI=1S/C6H7NO.C5H12O2.C4H10O2/c1-5-2-3-7-6(8)4-5;1-5(7-3)4-6-2;1-4(3-5)6-2/h2-4H,1H3,(H,7,8);5H,4H2,1-3H3;4-5H,3H2,1-2H3/t;5-;4-/m.11/s1. The maximum Gasteiger partial charge on any atom is 0.248 e. The monoisotopic (exact) mass is 303 g/mol. The highest BCUT2D eigenvalue weighted by molar-refractivity contribution is 5.06. The Balaban J connectivity index is 0. The van der Waals surface area contributed by atoms with Crippen molar-refractivity contribution in [3.63, 3.8) is 0 Å². The molecule has 124 valence electrons. The molecule has 1 rings (SSSR count). The second-order valence-corrected chi connectivity index (χ2v) is 4.46. The number of methoxy groups -OCH3 is 3. The van der Waals surface area contributed by atoms with Crippen LogP contribution in [0.4, 0.5) is 0 Å². The van der Waals surface area contributed by atoms with Crippen molar-refractivity contribution in [3.05, 3.63) is 34.2 Å². The van der Waals surface area contributed by atoms with Crippen LogP contribution in [0.15, 0.2) is 23.1 Å². The quantitative estimate of drug-likeness (QED) is 0.858. The van der Waals surface area contributed by atoms with Crippen LogP contribution in [0.5, 0.6) is 0 Å². The molecule has 6 nitrogen and oxygen atoms in total. The van der Waals surface area contributed by atoms with Gasteiger partial charge in [-0.05, 0) is 32.4 Å². The number of aliphatic hydroxyl groups is 1. The third-order valence-electron chi connectivity index (χ3n) is 2.39. The van der Waals surface area contributed by atoms with Crippen LogP contribution in [-0.4, -0.2) is 56.8 Å². The summed E-state index contributed by atoms with van der Waals surface area (Å²) in [7, 11) is 4.90. The molecule has 0 aromatic carbocycles. The molecule has 21 heavy (non-hydrogen) atoms. The van der Waals surface area contributed by atoms with E-state index in [1.165, 1.54) is 0 Å². The normalized spacial score (nSPS) is 12.3. The molecule has 0 aliphatic rings. The Hall–Kier alpha value is -1.21. The highest BCUT2D eigenvalue weighted by Gasteiger charge is 1.93. The largest absolute Gasteiger partial charge is 0.394 e. The smallest absolute Gasteiger partial charge is 0.248 e. The van der Waals surface area contributed by atoms with Crippen molar-refractivity contribution < 1.29 is 19.3 Å². The fourth-order valence-corrected chi connectivity index (χ4v) is 0.929. The van der Waals surface area contributed by atoms with E-state index in [2.05, 4.69) is 9.72 Å². The molecular formula is C15H29NO5. The Morgan fingerprint density at radius 3 is 1.95 bits per heavy atom. The van der Waals surface area contributed by atoms with E-state index in [0.717, 1.165) is 5.56 Å². The number of rotatable bonds is 5. The lowest BCUT2D eigenvalue weighted by atomic mass is 10.3. The average molecular weight is 303 g/mol. The minimum absolute atomic E-state index is 0.00926. The summed E-state index contributed by atoms with van der Waals surface area (Å²) in [6.45, 7) is 6.44. The van der Waals surface area contributed by atoms with Crippen LogP contribution in [-0.2, 0) is 14.2 Å². The van der Waals surface area contributed by atoms with Crippen molar-refractivity contribution in [2.24, 2.45) is 0 Å². The average Bonchev–Trinajstić information content (AvgIpc) is 2.47. The summed E-state index contributed by atoms with van der Waals surface area (Å²) < 4.78 is 14.3. The second kappa shape index (κ2) is 15.2. The van der Waals surface area contributed by atoms with Gasteiger partial charge in [-0.1, -0.05) is 0 Å². The number of aromatic amines is 1. The number of hydrogen-bond acceptors (Lipinski definition) is 5. The zero-order chi connectivity index (χ0) is 16.7. The molecule has 0 amide bonds. The third-order valence-corrected chi connectivity index (χ3v) is 2.39. The van der Waals surface area contributed by atoms with Gasteiger partial charge in [0, 0.05) is 33.6 Å². The zero-order valence-corrected chi connectivity index (χ0v) is 13.9. The summed E-state index contributed by atoms with van der Waals surface area (Å²) in [4.78, 5) is 13.0. The number of aromatic nitrogens is 1. The Kier molecular flexibility index (Phi) is 16.0. The summed E-state index contributed by atoms with van der Waals surface area (Å²) in [5.74, 6) is 0. The van der Waals surface area contributed by atoms with Gasteiger partial charge in [0.1, 0.15) is 0 Å². The molecule has 6 heteroatoms. The molecule has 1 heterocycles. The van der Waals surface area contributed by atoms with Crippen molar-refractivity contribution in [1.82, 2.24) is 4.98 Å². The number of pyridine rings is 1. The molecule has 0 saturated carbocycles. The Bertz CT molecular complexity index is 376. The maximum atomic E-state index is 10.4. The molecule has 0 spiro atoms. The van der Waals surface area contributed by atoms with E-state index in [9.17, 15) is 4.79 Å². The SMILES string of the molecule is COC[C@@H](C)OC.CO[C@H](C)CO.Cc1cc[nH]c(=O)c1. The van der Waals surface area contributed by atoms with Crippen LogP contribution in [0, 0.1) is 6.92 Å². The fraction of sp³-hybridized carbons (Fsp3) is 0.667. The molecule has 0 unspecified atom stereocenters. The van der Waals surface area contributed by atoms with Crippen LogP contribution in [0.25, 0.3) is 0 Å². The van der Waals surface area contributed by atoms with Crippen molar-refractivity contribution in [2.45, 2.75) is 33.0 Å². The third kappa shape index (κ3) is 16.7. The number of hydrogen-bond donors (Lipinski definition) is 2. The molecule has 0 bridgehead atoms. The van der Waals surface area contributed by atoms with Gasteiger partial charge in [-0.15, -0.1) is 0 Å². The first kappa shape index (κ1) is 22.1. The number of aryl methyl sites for hydroxylation is 1. The van der Waals surface area contributed by atoms with Crippen molar-refractivity contribution >= 4 is 0 Å². The summed E-state index contributed by atoms with van der Waals surface area (Å²) in [6.07, 6.45) is 1.85. The topological polar surface area (TPSA) is 80.8 Å². The number of H-pyrrole nitrogens is 1. The van der Waals surface area contributed by atoms with E-state index in [-0.39, 0.29) is 24.4 Å². The van der Waals surface area contributed by atoms with Crippen LogP contribution >= 0.6 is 0 Å². The highest BCUT2D eigenvalue weighted by Crippen LogP contribution is 1.85. The highest BCUT2D eigenvalue weighted by atomic mass is 16.5. The zero-order valence-electron chi connectivity index (χ0n) is 13.9. The maximum absolute atomic E-state index is 10.4. The molecule has 1 aromatic heterocycles. The molecule has 1 aromatic rings. The first-order chi connectivity index (χ1) is 9.90. The molecular weight excluding hydrogens is 274 g/mol. The first-order valence-corrected chi connectivity index (χ1v) is 6.71. The Labute approximate surface area is 127 Å². The molecule has 2 N–H and O–H groups in total. The van der Waals surface area contributed by atoms with Crippen LogP contribution < -0.4 is 5.56 Å². The van der Waals surface area contributed by atoms with Gasteiger partial charge in [-0.2, -0.15) is 0 Å². The lowest BCUT2D eigenvalue weighted by molar-refractivity contribution is 0.0401. The predicted molar refractivity (Wildman–Crippen MR) is 83.7 cm³/mol. The van der Waals surface area contributed by atoms with E-state index < -0.39 is 0 Å². The van der Waals surface area contributed by atoms with Crippen LogP contribution in [0.2, 0.25) is 0 Å². The molecule has 0 fully saturated rings. The Morgan fingerprint density at radius 2 is 1.76 bits per heavy atom. The van der Waals surface area contributed by atoms with E-state index in [1.807, 2.05) is 19.9 Å². The first-order valence-electron chi connectivity index (χ1n) is 6.71. The molecule has 0 radical (unpaired) electrons. The van der Waals surface area contributed by atoms with Gasteiger partial charge in [0.25, 0.3) is 0 Å².